The van der Waals surface area contributed by atoms with Gasteiger partial charge in [-0.05, 0) is 37.6 Å². The van der Waals surface area contributed by atoms with Crippen LogP contribution >= 0.6 is 0 Å². The SMILES string of the molecule is CC(C)(N)c1ccccc1C1N=c2ccccc2=CN1c1ccccc1. The van der Waals surface area contributed by atoms with Crippen LogP contribution in [0, 0.1) is 0 Å². The van der Waals surface area contributed by atoms with Crippen molar-refractivity contribution in [1.82, 2.24) is 0 Å². The molecular weight excluding hydrogens is 318 g/mol. The Labute approximate surface area is 154 Å². The molecule has 0 amide bonds. The highest BCUT2D eigenvalue weighted by atomic mass is 15.2. The van der Waals surface area contributed by atoms with Crippen molar-refractivity contribution < 1.29 is 0 Å². The summed E-state index contributed by atoms with van der Waals surface area (Å²) in [5.74, 6) is 0. The number of para-hydroxylation sites is 2. The first-order chi connectivity index (χ1) is 12.5. The average molecular weight is 341 g/mol. The van der Waals surface area contributed by atoms with Gasteiger partial charge >= 0.3 is 0 Å². The number of nitrogens with two attached hydrogens (primary N) is 1. The molecule has 3 heteroatoms. The molecule has 1 aliphatic heterocycles. The topological polar surface area (TPSA) is 41.6 Å². The van der Waals surface area contributed by atoms with Gasteiger partial charge in [-0.15, -0.1) is 0 Å². The van der Waals surface area contributed by atoms with E-state index in [2.05, 4.69) is 65.7 Å². The first-order valence-electron chi connectivity index (χ1n) is 8.90. The maximum absolute atomic E-state index is 6.47. The third kappa shape index (κ3) is 3.02. The monoisotopic (exact) mass is 341 g/mol. The maximum atomic E-state index is 6.47. The van der Waals surface area contributed by atoms with Crippen LogP contribution in [0.15, 0.2) is 83.9 Å². The molecular formula is C23H23N3. The van der Waals surface area contributed by atoms with Crippen LogP contribution < -0.4 is 21.2 Å². The number of fused-ring (bicyclic) bond motifs is 1. The largest absolute Gasteiger partial charge is 0.322 e. The normalized spacial score (nSPS) is 16.4. The number of benzene rings is 3. The summed E-state index contributed by atoms with van der Waals surface area (Å²) in [6.45, 7) is 4.08. The van der Waals surface area contributed by atoms with Crippen molar-refractivity contribution in [2.75, 3.05) is 4.90 Å². The van der Waals surface area contributed by atoms with Gasteiger partial charge in [-0.1, -0.05) is 60.7 Å². The van der Waals surface area contributed by atoms with E-state index in [0.29, 0.717) is 0 Å². The highest BCUT2D eigenvalue weighted by molar-refractivity contribution is 5.62. The van der Waals surface area contributed by atoms with Gasteiger partial charge in [-0.25, -0.2) is 0 Å². The van der Waals surface area contributed by atoms with Gasteiger partial charge in [0, 0.05) is 28.2 Å². The second-order valence-electron chi connectivity index (χ2n) is 7.24. The molecule has 1 aliphatic rings. The van der Waals surface area contributed by atoms with Gasteiger partial charge in [0.2, 0.25) is 0 Å². The molecule has 0 radical (unpaired) electrons. The van der Waals surface area contributed by atoms with Gasteiger partial charge in [-0.2, -0.15) is 0 Å². The predicted octanol–water partition coefficient (Wildman–Crippen LogP) is 3.46. The third-order valence-corrected chi connectivity index (χ3v) is 4.73. The molecule has 0 bridgehead atoms. The summed E-state index contributed by atoms with van der Waals surface area (Å²) in [4.78, 5) is 7.32. The van der Waals surface area contributed by atoms with Crippen molar-refractivity contribution in [2.45, 2.75) is 25.6 Å². The number of nitrogens with zero attached hydrogens (tertiary/aromatic N) is 2. The molecule has 130 valence electrons. The van der Waals surface area contributed by atoms with Crippen molar-refractivity contribution in [3.05, 3.63) is 101 Å². The van der Waals surface area contributed by atoms with Gasteiger partial charge in [0.15, 0.2) is 6.17 Å². The Balaban J connectivity index is 1.95. The van der Waals surface area contributed by atoms with E-state index in [4.69, 9.17) is 10.7 Å². The second-order valence-corrected chi connectivity index (χ2v) is 7.24. The second kappa shape index (κ2) is 6.43. The van der Waals surface area contributed by atoms with Crippen LogP contribution in [0.3, 0.4) is 0 Å². The lowest BCUT2D eigenvalue weighted by atomic mass is 9.89. The fourth-order valence-electron chi connectivity index (χ4n) is 3.47. The lowest BCUT2D eigenvalue weighted by Crippen LogP contribution is -2.39. The molecule has 4 rings (SSSR count). The van der Waals surface area contributed by atoms with Crippen LogP contribution in [0.5, 0.6) is 0 Å². The minimum absolute atomic E-state index is 0.147. The molecule has 3 aromatic rings. The average Bonchev–Trinajstić information content (AvgIpc) is 2.67. The van der Waals surface area contributed by atoms with E-state index in [9.17, 15) is 0 Å². The smallest absolute Gasteiger partial charge is 0.151 e. The van der Waals surface area contributed by atoms with Crippen molar-refractivity contribution in [1.29, 1.82) is 0 Å². The zero-order valence-electron chi connectivity index (χ0n) is 15.1. The van der Waals surface area contributed by atoms with Crippen LogP contribution in [-0.4, -0.2) is 0 Å². The van der Waals surface area contributed by atoms with E-state index in [-0.39, 0.29) is 6.17 Å². The van der Waals surface area contributed by atoms with Crippen LogP contribution in [0.4, 0.5) is 5.69 Å². The van der Waals surface area contributed by atoms with Crippen molar-refractivity contribution in [3.8, 4) is 0 Å². The Morgan fingerprint density at radius 3 is 2.27 bits per heavy atom. The maximum Gasteiger partial charge on any atom is 0.151 e. The number of hydrogen-bond donors (Lipinski definition) is 1. The van der Waals surface area contributed by atoms with Gasteiger partial charge in [0.1, 0.15) is 0 Å². The van der Waals surface area contributed by atoms with E-state index < -0.39 is 5.54 Å². The van der Waals surface area contributed by atoms with Crippen molar-refractivity contribution in [3.63, 3.8) is 0 Å². The minimum atomic E-state index is -0.439. The summed E-state index contributed by atoms with van der Waals surface area (Å²) in [6, 6.07) is 27.0. The number of anilines is 1. The van der Waals surface area contributed by atoms with Gasteiger partial charge in [-0.3, -0.25) is 4.99 Å². The molecule has 1 atom stereocenters. The highest BCUT2D eigenvalue weighted by Gasteiger charge is 2.27. The molecule has 0 saturated heterocycles. The quantitative estimate of drug-likeness (QED) is 0.793. The zero-order valence-corrected chi connectivity index (χ0v) is 15.1. The molecule has 0 fully saturated rings. The molecule has 0 saturated carbocycles. The molecule has 1 unspecified atom stereocenters. The van der Waals surface area contributed by atoms with E-state index in [0.717, 1.165) is 27.4 Å². The molecule has 0 spiro atoms. The lowest BCUT2D eigenvalue weighted by Gasteiger charge is -2.34. The van der Waals surface area contributed by atoms with Crippen molar-refractivity contribution >= 4 is 11.9 Å². The van der Waals surface area contributed by atoms with Crippen molar-refractivity contribution in [2.24, 2.45) is 10.7 Å². The van der Waals surface area contributed by atoms with E-state index in [1.54, 1.807) is 0 Å². The van der Waals surface area contributed by atoms with Gasteiger partial charge < -0.3 is 10.6 Å². The summed E-state index contributed by atoms with van der Waals surface area (Å²) in [5, 5.41) is 2.13. The van der Waals surface area contributed by atoms with E-state index in [1.807, 2.05) is 38.1 Å². The van der Waals surface area contributed by atoms with E-state index in [1.165, 1.54) is 0 Å². The standard InChI is InChI=1S/C23H23N3/c1-23(2,24)20-14-8-7-13-19(20)22-25-21-15-9-6-10-17(21)16-26(22)18-11-4-3-5-12-18/h3-16,22H,24H2,1-2H3. The Bertz CT molecular complexity index is 1030. The van der Waals surface area contributed by atoms with Crippen LogP contribution in [0.25, 0.3) is 6.20 Å². The molecule has 0 aromatic heterocycles. The molecule has 26 heavy (non-hydrogen) atoms. The zero-order chi connectivity index (χ0) is 18.1. The number of rotatable bonds is 3. The summed E-state index contributed by atoms with van der Waals surface area (Å²) in [6.07, 6.45) is 2.04. The van der Waals surface area contributed by atoms with Gasteiger partial charge in [0.25, 0.3) is 0 Å². The Morgan fingerprint density at radius 1 is 0.846 bits per heavy atom. The third-order valence-electron chi connectivity index (χ3n) is 4.73. The van der Waals surface area contributed by atoms with Crippen LogP contribution in [0.2, 0.25) is 0 Å². The Kier molecular flexibility index (Phi) is 4.09. The van der Waals surface area contributed by atoms with E-state index >= 15 is 0 Å². The molecule has 3 nitrogen and oxygen atoms in total. The number of hydrogen-bond acceptors (Lipinski definition) is 3. The van der Waals surface area contributed by atoms with Crippen LogP contribution in [0.1, 0.15) is 31.1 Å². The molecule has 1 heterocycles. The Morgan fingerprint density at radius 2 is 1.50 bits per heavy atom. The Hall–Kier alpha value is -2.91. The fourth-order valence-corrected chi connectivity index (χ4v) is 3.47. The summed E-state index contributed by atoms with van der Waals surface area (Å²) >= 11 is 0. The lowest BCUT2D eigenvalue weighted by molar-refractivity contribution is 0.538. The highest BCUT2D eigenvalue weighted by Crippen LogP contribution is 2.34. The first kappa shape index (κ1) is 16.6. The fraction of sp³-hybridized carbons (Fsp3) is 0.174. The molecule has 3 aromatic carbocycles. The summed E-state index contributed by atoms with van der Waals surface area (Å²) < 4.78 is 0. The van der Waals surface area contributed by atoms with Gasteiger partial charge in [0.05, 0.1) is 5.36 Å². The molecule has 0 aliphatic carbocycles. The first-order valence-corrected chi connectivity index (χ1v) is 8.90. The summed E-state index contributed by atoms with van der Waals surface area (Å²) in [5.41, 5.74) is 9.39. The summed E-state index contributed by atoms with van der Waals surface area (Å²) in [7, 11) is 0. The van der Waals surface area contributed by atoms with Crippen LogP contribution in [-0.2, 0) is 5.54 Å². The minimum Gasteiger partial charge on any atom is -0.322 e. The molecule has 2 N–H and O–H groups in total. The predicted molar refractivity (Wildman–Crippen MR) is 107 cm³/mol.